The Bertz CT molecular complexity index is 802. The Labute approximate surface area is 166 Å². The lowest BCUT2D eigenvalue weighted by Gasteiger charge is -2.29. The first-order valence-corrected chi connectivity index (χ1v) is 10.8. The van der Waals surface area contributed by atoms with E-state index >= 15 is 0 Å². The van der Waals surface area contributed by atoms with E-state index in [4.69, 9.17) is 11.6 Å². The van der Waals surface area contributed by atoms with Crippen molar-refractivity contribution < 1.29 is 9.90 Å². The number of hydrogen-bond donors (Lipinski definition) is 1. The average molecular weight is 410 g/mol. The molecule has 5 nitrogen and oxygen atoms in total. The number of hydrogen-bond acceptors (Lipinski definition) is 7. The van der Waals surface area contributed by atoms with E-state index in [2.05, 4.69) is 9.97 Å². The molecule has 0 amide bonds. The Kier molecular flexibility index (Phi) is 6.45. The maximum atomic E-state index is 13.0. The zero-order valence-corrected chi connectivity index (χ0v) is 17.0. The minimum atomic E-state index is 0.00987. The van der Waals surface area contributed by atoms with Gasteiger partial charge in [0.1, 0.15) is 10.8 Å². The Hall–Kier alpha value is -1.28. The standard InChI is InChI=1S/C18H20ClN3O2S2/c1-3-22(8-9-23)16-15-13(24)10-14(11-4-6-12(19)7-5-11)26-17(15)21-18(20-16)25-2/h4-7,14,23H,3,8-10H2,1-2H3. The fourth-order valence-electron chi connectivity index (χ4n) is 2.90. The molecule has 2 aromatic rings. The Morgan fingerprint density at radius 1 is 1.35 bits per heavy atom. The van der Waals surface area contributed by atoms with Crippen molar-refractivity contribution in [2.24, 2.45) is 0 Å². The number of ketones is 1. The van der Waals surface area contributed by atoms with Crippen LogP contribution < -0.4 is 4.90 Å². The van der Waals surface area contributed by atoms with Crippen molar-refractivity contribution >= 4 is 46.7 Å². The van der Waals surface area contributed by atoms with Crippen LogP contribution in [0.3, 0.4) is 0 Å². The first-order valence-electron chi connectivity index (χ1n) is 8.34. The molecule has 138 valence electrons. The highest BCUT2D eigenvalue weighted by Crippen LogP contribution is 2.46. The third-order valence-corrected chi connectivity index (χ3v) is 6.26. The maximum Gasteiger partial charge on any atom is 0.190 e. The molecule has 0 saturated carbocycles. The van der Waals surface area contributed by atoms with Crippen molar-refractivity contribution in [2.45, 2.75) is 28.8 Å². The molecule has 0 fully saturated rings. The van der Waals surface area contributed by atoms with Gasteiger partial charge < -0.3 is 10.0 Å². The summed E-state index contributed by atoms with van der Waals surface area (Å²) in [7, 11) is 0. The van der Waals surface area contributed by atoms with Gasteiger partial charge in [0.25, 0.3) is 0 Å². The summed E-state index contributed by atoms with van der Waals surface area (Å²) in [6, 6.07) is 7.60. The van der Waals surface area contributed by atoms with E-state index in [1.54, 1.807) is 11.8 Å². The summed E-state index contributed by atoms with van der Waals surface area (Å²) in [5.41, 5.74) is 1.64. The lowest BCUT2D eigenvalue weighted by atomic mass is 10.0. The van der Waals surface area contributed by atoms with Crippen LogP contribution in [-0.2, 0) is 0 Å². The van der Waals surface area contributed by atoms with E-state index in [-0.39, 0.29) is 17.6 Å². The SMILES string of the molecule is CCN(CCO)c1nc(SC)nc2c1C(=O)CC(c1ccc(Cl)cc1)S2. The fraction of sp³-hybridized carbons (Fsp3) is 0.389. The number of aromatic nitrogens is 2. The number of rotatable bonds is 6. The molecule has 2 heterocycles. The normalized spacial score (nSPS) is 16.5. The molecule has 3 rings (SSSR count). The summed E-state index contributed by atoms with van der Waals surface area (Å²) < 4.78 is 0. The molecule has 0 aliphatic carbocycles. The molecule has 26 heavy (non-hydrogen) atoms. The van der Waals surface area contributed by atoms with E-state index in [9.17, 15) is 9.90 Å². The zero-order valence-electron chi connectivity index (χ0n) is 14.6. The minimum absolute atomic E-state index is 0.00987. The van der Waals surface area contributed by atoms with Crippen LogP contribution in [0.15, 0.2) is 34.4 Å². The molecule has 0 spiro atoms. The van der Waals surface area contributed by atoms with Gasteiger partial charge in [0.15, 0.2) is 10.9 Å². The Morgan fingerprint density at radius 3 is 2.69 bits per heavy atom. The largest absolute Gasteiger partial charge is 0.395 e. The van der Waals surface area contributed by atoms with Crippen LogP contribution in [0.5, 0.6) is 0 Å². The molecule has 1 unspecified atom stereocenters. The quantitative estimate of drug-likeness (QED) is 0.437. The van der Waals surface area contributed by atoms with E-state index in [0.29, 0.717) is 46.1 Å². The molecular weight excluding hydrogens is 390 g/mol. The summed E-state index contributed by atoms with van der Waals surface area (Å²) in [6.45, 7) is 3.10. The predicted molar refractivity (Wildman–Crippen MR) is 108 cm³/mol. The van der Waals surface area contributed by atoms with Gasteiger partial charge >= 0.3 is 0 Å². The predicted octanol–water partition coefficient (Wildman–Crippen LogP) is 4.09. The summed E-state index contributed by atoms with van der Waals surface area (Å²) in [5.74, 6) is 0.667. The topological polar surface area (TPSA) is 66.3 Å². The fourth-order valence-corrected chi connectivity index (χ4v) is 4.71. The number of aliphatic hydroxyl groups excluding tert-OH is 1. The van der Waals surface area contributed by atoms with Crippen molar-refractivity contribution in [3.8, 4) is 0 Å². The number of carbonyl (C=O) groups is 1. The number of Topliss-reactive ketones (excluding diaryl/α,β-unsaturated/α-hetero) is 1. The van der Waals surface area contributed by atoms with E-state index in [0.717, 1.165) is 5.56 Å². The first-order chi connectivity index (χ1) is 12.6. The van der Waals surface area contributed by atoms with Crippen LogP contribution >= 0.6 is 35.1 Å². The molecule has 1 aliphatic heterocycles. The van der Waals surface area contributed by atoms with Gasteiger partial charge in [-0.25, -0.2) is 9.97 Å². The second kappa shape index (κ2) is 8.61. The lowest BCUT2D eigenvalue weighted by Crippen LogP contribution is -2.30. The number of aliphatic hydroxyl groups is 1. The minimum Gasteiger partial charge on any atom is -0.395 e. The molecule has 1 aromatic heterocycles. The van der Waals surface area contributed by atoms with Crippen molar-refractivity contribution in [1.29, 1.82) is 0 Å². The lowest BCUT2D eigenvalue weighted by molar-refractivity contribution is 0.0975. The Morgan fingerprint density at radius 2 is 2.08 bits per heavy atom. The monoisotopic (exact) mass is 409 g/mol. The third kappa shape index (κ3) is 4.01. The number of carbonyl (C=O) groups excluding carboxylic acids is 1. The summed E-state index contributed by atoms with van der Waals surface area (Å²) >= 11 is 9.02. The van der Waals surface area contributed by atoms with Gasteiger partial charge in [-0.15, -0.1) is 0 Å². The number of anilines is 1. The summed E-state index contributed by atoms with van der Waals surface area (Å²) in [6.07, 6.45) is 2.31. The number of fused-ring (bicyclic) bond motifs is 1. The van der Waals surface area contributed by atoms with Gasteiger partial charge in [-0.1, -0.05) is 47.3 Å². The third-order valence-electron chi connectivity index (χ3n) is 4.22. The van der Waals surface area contributed by atoms with Gasteiger partial charge in [0.2, 0.25) is 0 Å². The molecule has 1 aromatic carbocycles. The molecular formula is C18H20ClN3O2S2. The van der Waals surface area contributed by atoms with E-state index in [1.165, 1.54) is 11.8 Å². The molecule has 0 radical (unpaired) electrons. The molecule has 1 N–H and O–H groups in total. The van der Waals surface area contributed by atoms with Gasteiger partial charge in [0.05, 0.1) is 12.2 Å². The second-order valence-electron chi connectivity index (χ2n) is 5.80. The summed E-state index contributed by atoms with van der Waals surface area (Å²) in [5, 5.41) is 11.4. The molecule has 1 atom stereocenters. The average Bonchev–Trinajstić information content (AvgIpc) is 2.65. The van der Waals surface area contributed by atoms with Crippen LogP contribution in [0.2, 0.25) is 5.02 Å². The first kappa shape index (κ1) is 19.5. The van der Waals surface area contributed by atoms with Crippen LogP contribution in [0.1, 0.15) is 34.5 Å². The molecule has 8 heteroatoms. The van der Waals surface area contributed by atoms with Crippen LogP contribution in [0.4, 0.5) is 5.82 Å². The smallest absolute Gasteiger partial charge is 0.190 e. The summed E-state index contributed by atoms with van der Waals surface area (Å²) in [4.78, 5) is 24.1. The van der Waals surface area contributed by atoms with Crippen LogP contribution in [0, 0.1) is 0 Å². The number of benzene rings is 1. The van der Waals surface area contributed by atoms with Gasteiger partial charge in [-0.2, -0.15) is 0 Å². The van der Waals surface area contributed by atoms with E-state index < -0.39 is 0 Å². The van der Waals surface area contributed by atoms with Gasteiger partial charge in [-0.3, -0.25) is 4.79 Å². The highest BCUT2D eigenvalue weighted by atomic mass is 35.5. The van der Waals surface area contributed by atoms with Crippen molar-refractivity contribution in [2.75, 3.05) is 30.9 Å². The Balaban J connectivity index is 2.03. The molecule has 1 aliphatic rings. The second-order valence-corrected chi connectivity index (χ2v) is 8.20. The van der Waals surface area contributed by atoms with Crippen molar-refractivity contribution in [3.63, 3.8) is 0 Å². The number of nitrogens with zero attached hydrogens (tertiary/aromatic N) is 3. The van der Waals surface area contributed by atoms with Crippen molar-refractivity contribution in [1.82, 2.24) is 9.97 Å². The number of thioether (sulfide) groups is 2. The highest BCUT2D eigenvalue weighted by molar-refractivity contribution is 8.00. The van der Waals surface area contributed by atoms with Crippen molar-refractivity contribution in [3.05, 3.63) is 40.4 Å². The molecule has 0 bridgehead atoms. The van der Waals surface area contributed by atoms with Gasteiger partial charge in [0, 0.05) is 29.8 Å². The zero-order chi connectivity index (χ0) is 18.7. The van der Waals surface area contributed by atoms with Gasteiger partial charge in [-0.05, 0) is 30.9 Å². The van der Waals surface area contributed by atoms with Crippen LogP contribution in [-0.4, -0.2) is 46.8 Å². The molecule has 0 saturated heterocycles. The maximum absolute atomic E-state index is 13.0. The number of likely N-dealkylation sites (N-methyl/N-ethyl adjacent to an activating group) is 1. The van der Waals surface area contributed by atoms with E-state index in [1.807, 2.05) is 42.3 Å². The highest BCUT2D eigenvalue weighted by Gasteiger charge is 2.33. The number of halogens is 1. The van der Waals surface area contributed by atoms with Crippen LogP contribution in [0.25, 0.3) is 0 Å².